The fourth-order valence-electron chi connectivity index (χ4n) is 4.82. The van der Waals surface area contributed by atoms with Gasteiger partial charge in [0.05, 0.1) is 6.04 Å². The number of likely N-dealkylation sites (tertiary alicyclic amines) is 1. The normalized spacial score (nSPS) is 26.5. The Balaban J connectivity index is 1.41. The monoisotopic (exact) mass is 356 g/mol. The molecule has 0 aliphatic carbocycles. The lowest BCUT2D eigenvalue weighted by molar-refractivity contribution is -0.140. The van der Waals surface area contributed by atoms with Gasteiger partial charge in [-0.1, -0.05) is 18.2 Å². The number of piperidine rings is 1. The van der Waals surface area contributed by atoms with E-state index in [0.717, 1.165) is 44.6 Å². The molecule has 0 unspecified atom stereocenters. The van der Waals surface area contributed by atoms with Crippen LogP contribution in [-0.4, -0.2) is 74.0 Å². The first kappa shape index (κ1) is 17.5. The zero-order chi connectivity index (χ0) is 18.1. The molecule has 3 aliphatic rings. The van der Waals surface area contributed by atoms with Gasteiger partial charge in [0.25, 0.3) is 0 Å². The number of para-hydroxylation sites is 1. The number of hydrogen-bond donors (Lipinski definition) is 1. The number of rotatable bonds is 2. The summed E-state index contributed by atoms with van der Waals surface area (Å²) in [4.78, 5) is 31.5. The minimum atomic E-state index is -0.0795. The highest BCUT2D eigenvalue weighted by atomic mass is 16.2. The van der Waals surface area contributed by atoms with E-state index in [1.807, 2.05) is 30.3 Å². The van der Waals surface area contributed by atoms with Gasteiger partial charge >= 0.3 is 0 Å². The molecule has 6 nitrogen and oxygen atoms in total. The molecule has 3 fully saturated rings. The predicted octanol–water partition coefficient (Wildman–Crippen LogP) is 0.936. The van der Waals surface area contributed by atoms with Crippen LogP contribution in [0.1, 0.15) is 19.3 Å². The lowest BCUT2D eigenvalue weighted by Crippen LogP contribution is -2.55. The van der Waals surface area contributed by atoms with Gasteiger partial charge in [0.2, 0.25) is 11.8 Å². The average molecular weight is 356 g/mol. The molecular weight excluding hydrogens is 328 g/mol. The van der Waals surface area contributed by atoms with E-state index < -0.39 is 0 Å². The van der Waals surface area contributed by atoms with Gasteiger partial charge in [-0.15, -0.1) is 0 Å². The van der Waals surface area contributed by atoms with Gasteiger partial charge in [0.1, 0.15) is 6.54 Å². The Labute approximate surface area is 155 Å². The third kappa shape index (κ3) is 3.23. The molecule has 6 heteroatoms. The maximum Gasteiger partial charge on any atom is 0.246 e. The number of carbonyl (C=O) groups is 2. The number of amides is 2. The van der Waals surface area contributed by atoms with E-state index in [0.29, 0.717) is 13.1 Å². The molecule has 0 radical (unpaired) electrons. The highest BCUT2D eigenvalue weighted by molar-refractivity contribution is 5.98. The average Bonchev–Trinajstić information content (AvgIpc) is 2.98. The van der Waals surface area contributed by atoms with Crippen molar-refractivity contribution in [2.45, 2.75) is 25.3 Å². The number of anilines is 1. The number of benzene rings is 1. The van der Waals surface area contributed by atoms with Crippen molar-refractivity contribution in [3.8, 4) is 0 Å². The van der Waals surface area contributed by atoms with E-state index in [4.69, 9.17) is 0 Å². The van der Waals surface area contributed by atoms with E-state index >= 15 is 0 Å². The molecule has 1 spiro atoms. The standard InChI is InChI=1S/C20H28N4O2/c1-22-15-20(7-9-21-10-8-20)13-17(22)19(26)23-11-12-24(18(25)14-23)16-5-3-2-4-6-16/h2-6,17,21H,7-15H2,1H3/t17-/m1/s1. The van der Waals surface area contributed by atoms with E-state index in [1.54, 1.807) is 9.80 Å². The molecule has 2 amide bonds. The Bertz CT molecular complexity index is 672. The van der Waals surface area contributed by atoms with Gasteiger partial charge < -0.3 is 15.1 Å². The van der Waals surface area contributed by atoms with Crippen LogP contribution < -0.4 is 10.2 Å². The molecular formula is C20H28N4O2. The van der Waals surface area contributed by atoms with Crippen LogP contribution in [0, 0.1) is 5.41 Å². The molecule has 0 saturated carbocycles. The number of nitrogens with zero attached hydrogens (tertiary/aromatic N) is 3. The van der Waals surface area contributed by atoms with Gasteiger partial charge in [0, 0.05) is 25.3 Å². The molecule has 26 heavy (non-hydrogen) atoms. The van der Waals surface area contributed by atoms with Crippen molar-refractivity contribution in [3.63, 3.8) is 0 Å². The van der Waals surface area contributed by atoms with Gasteiger partial charge in [0.15, 0.2) is 0 Å². The Morgan fingerprint density at radius 3 is 2.58 bits per heavy atom. The summed E-state index contributed by atoms with van der Waals surface area (Å²) < 4.78 is 0. The van der Waals surface area contributed by atoms with Gasteiger partial charge in [-0.05, 0) is 56.9 Å². The number of nitrogens with one attached hydrogen (secondary N) is 1. The van der Waals surface area contributed by atoms with Crippen LogP contribution in [0.15, 0.2) is 30.3 Å². The third-order valence-electron chi connectivity index (χ3n) is 6.29. The molecule has 4 rings (SSSR count). The molecule has 1 atom stereocenters. The smallest absolute Gasteiger partial charge is 0.246 e. The lowest BCUT2D eigenvalue weighted by atomic mass is 9.77. The van der Waals surface area contributed by atoms with Crippen molar-refractivity contribution >= 4 is 17.5 Å². The van der Waals surface area contributed by atoms with E-state index in [2.05, 4.69) is 17.3 Å². The fraction of sp³-hybridized carbons (Fsp3) is 0.600. The quantitative estimate of drug-likeness (QED) is 0.857. The van der Waals surface area contributed by atoms with Crippen LogP contribution in [0.5, 0.6) is 0 Å². The molecule has 1 aromatic rings. The molecule has 140 valence electrons. The maximum absolute atomic E-state index is 13.1. The molecule has 3 heterocycles. The van der Waals surface area contributed by atoms with Crippen molar-refractivity contribution in [2.75, 3.05) is 51.2 Å². The van der Waals surface area contributed by atoms with Crippen LogP contribution in [0.3, 0.4) is 0 Å². The van der Waals surface area contributed by atoms with Crippen molar-refractivity contribution in [1.82, 2.24) is 15.1 Å². The summed E-state index contributed by atoms with van der Waals surface area (Å²) in [6.45, 7) is 4.44. The second-order valence-electron chi connectivity index (χ2n) is 8.03. The molecule has 3 aliphatic heterocycles. The number of hydrogen-bond acceptors (Lipinski definition) is 4. The van der Waals surface area contributed by atoms with Gasteiger partial charge in [-0.2, -0.15) is 0 Å². The molecule has 0 bridgehead atoms. The van der Waals surface area contributed by atoms with Crippen LogP contribution in [0.4, 0.5) is 5.69 Å². The summed E-state index contributed by atoms with van der Waals surface area (Å²) in [5.41, 5.74) is 1.19. The summed E-state index contributed by atoms with van der Waals surface area (Å²) in [6, 6.07) is 9.63. The lowest BCUT2D eigenvalue weighted by Gasteiger charge is -2.36. The largest absolute Gasteiger partial charge is 0.330 e. The van der Waals surface area contributed by atoms with Crippen LogP contribution in [-0.2, 0) is 9.59 Å². The van der Waals surface area contributed by atoms with Gasteiger partial charge in [-0.25, -0.2) is 0 Å². The topological polar surface area (TPSA) is 55.9 Å². The van der Waals surface area contributed by atoms with E-state index in [9.17, 15) is 9.59 Å². The zero-order valence-corrected chi connectivity index (χ0v) is 15.5. The summed E-state index contributed by atoms with van der Waals surface area (Å²) in [6.07, 6.45) is 3.21. The fourth-order valence-corrected chi connectivity index (χ4v) is 4.82. The molecule has 0 aromatic heterocycles. The molecule has 1 aromatic carbocycles. The van der Waals surface area contributed by atoms with Crippen LogP contribution >= 0.6 is 0 Å². The Hall–Kier alpha value is -1.92. The SMILES string of the molecule is CN1CC2(CCNCC2)C[C@@H]1C(=O)N1CCN(c2ccccc2)C(=O)C1. The first-order valence-electron chi connectivity index (χ1n) is 9.63. The highest BCUT2D eigenvalue weighted by Crippen LogP contribution is 2.41. The Morgan fingerprint density at radius 2 is 1.88 bits per heavy atom. The first-order chi connectivity index (χ1) is 12.6. The minimum absolute atomic E-state index is 0.00743. The Morgan fingerprint density at radius 1 is 1.15 bits per heavy atom. The Kier molecular flexibility index (Phi) is 4.71. The minimum Gasteiger partial charge on any atom is -0.330 e. The summed E-state index contributed by atoms with van der Waals surface area (Å²) in [5.74, 6) is 0.136. The summed E-state index contributed by atoms with van der Waals surface area (Å²) in [7, 11) is 2.06. The number of likely N-dealkylation sites (N-methyl/N-ethyl adjacent to an activating group) is 1. The van der Waals surface area contributed by atoms with Crippen LogP contribution in [0.2, 0.25) is 0 Å². The zero-order valence-electron chi connectivity index (χ0n) is 15.5. The highest BCUT2D eigenvalue weighted by Gasteiger charge is 2.47. The second kappa shape index (κ2) is 7.00. The van der Waals surface area contributed by atoms with Gasteiger partial charge in [-0.3, -0.25) is 14.5 Å². The number of piperazine rings is 1. The first-order valence-corrected chi connectivity index (χ1v) is 9.63. The van der Waals surface area contributed by atoms with Crippen LogP contribution in [0.25, 0.3) is 0 Å². The van der Waals surface area contributed by atoms with Crippen molar-refractivity contribution in [3.05, 3.63) is 30.3 Å². The maximum atomic E-state index is 13.1. The summed E-state index contributed by atoms with van der Waals surface area (Å²) in [5, 5.41) is 3.42. The predicted molar refractivity (Wildman–Crippen MR) is 101 cm³/mol. The summed E-state index contributed by atoms with van der Waals surface area (Å²) >= 11 is 0. The van der Waals surface area contributed by atoms with E-state index in [1.165, 1.54) is 0 Å². The van der Waals surface area contributed by atoms with Crippen molar-refractivity contribution in [2.24, 2.45) is 5.41 Å². The molecule has 3 saturated heterocycles. The van der Waals surface area contributed by atoms with Crippen molar-refractivity contribution in [1.29, 1.82) is 0 Å². The van der Waals surface area contributed by atoms with E-state index in [-0.39, 0.29) is 29.8 Å². The number of carbonyl (C=O) groups excluding carboxylic acids is 2. The van der Waals surface area contributed by atoms with Crippen molar-refractivity contribution < 1.29 is 9.59 Å². The molecule has 1 N–H and O–H groups in total. The third-order valence-corrected chi connectivity index (χ3v) is 6.29. The second-order valence-corrected chi connectivity index (χ2v) is 8.03.